The van der Waals surface area contributed by atoms with Crippen LogP contribution in [-0.4, -0.2) is 25.4 Å². The molecular formula is C10H9N5O2. The van der Waals surface area contributed by atoms with Crippen LogP contribution in [-0.2, 0) is 11.3 Å². The average molecular weight is 231 g/mol. The minimum absolute atomic E-state index is 0.138. The third-order valence-electron chi connectivity index (χ3n) is 2.07. The molecule has 0 aliphatic heterocycles. The summed E-state index contributed by atoms with van der Waals surface area (Å²) in [6, 6.07) is 0. The Hall–Kier alpha value is -2.62. The largest absolute Gasteiger partial charge is 0.328 e. The second-order valence-electron chi connectivity index (χ2n) is 3.33. The van der Waals surface area contributed by atoms with Gasteiger partial charge in [0, 0.05) is 6.92 Å². The average Bonchev–Trinajstić information content (AvgIpc) is 2.54. The van der Waals surface area contributed by atoms with Gasteiger partial charge in [-0.2, -0.15) is 4.98 Å². The number of nitrogens with zero attached hydrogens (tertiary/aromatic N) is 3. The molecule has 2 N–H and O–H groups in total. The molecule has 2 aromatic heterocycles. The molecule has 0 atom stereocenters. The van der Waals surface area contributed by atoms with Crippen LogP contribution in [0, 0.1) is 12.3 Å². The molecule has 0 unspecified atom stereocenters. The zero-order chi connectivity index (χ0) is 12.4. The highest BCUT2D eigenvalue weighted by atomic mass is 16.2. The van der Waals surface area contributed by atoms with E-state index in [0.29, 0.717) is 11.2 Å². The second-order valence-corrected chi connectivity index (χ2v) is 3.33. The molecule has 0 saturated carbocycles. The van der Waals surface area contributed by atoms with Crippen molar-refractivity contribution in [2.45, 2.75) is 13.5 Å². The van der Waals surface area contributed by atoms with Gasteiger partial charge in [-0.15, -0.1) is 6.42 Å². The SMILES string of the molecule is C#CCn1c(=O)[nH]c2nc(NC(C)=O)ncc21. The number of rotatable bonds is 2. The summed E-state index contributed by atoms with van der Waals surface area (Å²) >= 11 is 0. The van der Waals surface area contributed by atoms with Crippen molar-refractivity contribution in [2.75, 3.05) is 5.32 Å². The summed E-state index contributed by atoms with van der Waals surface area (Å²) in [5.41, 5.74) is 0.485. The van der Waals surface area contributed by atoms with E-state index in [1.807, 2.05) is 0 Å². The van der Waals surface area contributed by atoms with Crippen molar-refractivity contribution in [2.24, 2.45) is 0 Å². The summed E-state index contributed by atoms with van der Waals surface area (Å²) < 4.78 is 1.34. The summed E-state index contributed by atoms with van der Waals surface area (Å²) in [7, 11) is 0. The van der Waals surface area contributed by atoms with E-state index in [9.17, 15) is 9.59 Å². The quantitative estimate of drug-likeness (QED) is 0.695. The van der Waals surface area contributed by atoms with Crippen molar-refractivity contribution in [3.05, 3.63) is 16.7 Å². The molecule has 1 amide bonds. The molecule has 0 aromatic carbocycles. The topological polar surface area (TPSA) is 92.7 Å². The Bertz CT molecular complexity index is 676. The summed E-state index contributed by atoms with van der Waals surface area (Å²) in [6.07, 6.45) is 6.59. The number of hydrogen-bond acceptors (Lipinski definition) is 4. The monoisotopic (exact) mass is 231 g/mol. The van der Waals surface area contributed by atoms with Gasteiger partial charge in [0.15, 0.2) is 5.65 Å². The lowest BCUT2D eigenvalue weighted by Gasteiger charge is -2.00. The Balaban J connectivity index is 2.54. The Morgan fingerprint density at radius 2 is 2.47 bits per heavy atom. The van der Waals surface area contributed by atoms with Crippen LogP contribution >= 0.6 is 0 Å². The maximum Gasteiger partial charge on any atom is 0.328 e. The van der Waals surface area contributed by atoms with Crippen LogP contribution in [0.1, 0.15) is 6.92 Å². The fourth-order valence-corrected chi connectivity index (χ4v) is 1.41. The molecule has 0 spiro atoms. The lowest BCUT2D eigenvalue weighted by molar-refractivity contribution is -0.114. The van der Waals surface area contributed by atoms with E-state index in [1.165, 1.54) is 17.7 Å². The van der Waals surface area contributed by atoms with Crippen LogP contribution in [0.2, 0.25) is 0 Å². The molecule has 0 radical (unpaired) electrons. The first kappa shape index (κ1) is 10.9. The lowest BCUT2D eigenvalue weighted by Crippen LogP contribution is -2.15. The van der Waals surface area contributed by atoms with Gasteiger partial charge in [0.05, 0.1) is 12.7 Å². The summed E-state index contributed by atoms with van der Waals surface area (Å²) in [5.74, 6) is 2.22. The van der Waals surface area contributed by atoms with Gasteiger partial charge >= 0.3 is 5.69 Å². The Morgan fingerprint density at radius 3 is 3.12 bits per heavy atom. The number of amides is 1. The molecule has 0 aliphatic carbocycles. The predicted molar refractivity (Wildman–Crippen MR) is 61.3 cm³/mol. The molecule has 86 valence electrons. The number of fused-ring (bicyclic) bond motifs is 1. The third-order valence-corrected chi connectivity index (χ3v) is 2.07. The second kappa shape index (κ2) is 4.09. The molecule has 2 rings (SSSR count). The number of carbonyl (C=O) groups is 1. The van der Waals surface area contributed by atoms with Gasteiger partial charge in [0.2, 0.25) is 11.9 Å². The van der Waals surface area contributed by atoms with Gasteiger partial charge in [-0.3, -0.25) is 19.7 Å². The molecule has 2 heterocycles. The van der Waals surface area contributed by atoms with Gasteiger partial charge in [-0.25, -0.2) is 9.78 Å². The number of H-pyrrole nitrogens is 1. The van der Waals surface area contributed by atoms with Crippen LogP contribution in [0.15, 0.2) is 11.0 Å². The molecular weight excluding hydrogens is 222 g/mol. The van der Waals surface area contributed by atoms with Crippen LogP contribution in [0.4, 0.5) is 5.95 Å². The number of carbonyl (C=O) groups excluding carboxylic acids is 1. The van der Waals surface area contributed by atoms with E-state index >= 15 is 0 Å². The first-order valence-electron chi connectivity index (χ1n) is 4.78. The van der Waals surface area contributed by atoms with Crippen LogP contribution in [0.25, 0.3) is 11.2 Å². The fourth-order valence-electron chi connectivity index (χ4n) is 1.41. The number of anilines is 1. The van der Waals surface area contributed by atoms with Crippen LogP contribution in [0.3, 0.4) is 0 Å². The van der Waals surface area contributed by atoms with E-state index in [-0.39, 0.29) is 24.1 Å². The molecule has 7 heteroatoms. The molecule has 0 saturated heterocycles. The predicted octanol–water partition coefficient (Wildman–Crippen LogP) is -0.289. The van der Waals surface area contributed by atoms with Crippen molar-refractivity contribution < 1.29 is 4.79 Å². The van der Waals surface area contributed by atoms with E-state index in [1.54, 1.807) is 0 Å². The van der Waals surface area contributed by atoms with Crippen molar-refractivity contribution in [3.8, 4) is 12.3 Å². The van der Waals surface area contributed by atoms with Crippen LogP contribution in [0.5, 0.6) is 0 Å². The highest BCUT2D eigenvalue weighted by Gasteiger charge is 2.08. The molecule has 0 aliphatic rings. The molecule has 0 fully saturated rings. The molecule has 2 aromatic rings. The first-order chi connectivity index (χ1) is 8.11. The Labute approximate surface area is 95.9 Å². The maximum atomic E-state index is 11.5. The van der Waals surface area contributed by atoms with Crippen molar-refractivity contribution in [1.29, 1.82) is 0 Å². The zero-order valence-corrected chi connectivity index (χ0v) is 9.02. The van der Waals surface area contributed by atoms with Crippen molar-refractivity contribution in [1.82, 2.24) is 19.5 Å². The summed E-state index contributed by atoms with van der Waals surface area (Å²) in [5, 5.41) is 2.42. The summed E-state index contributed by atoms with van der Waals surface area (Å²) in [4.78, 5) is 32.8. The minimum atomic E-state index is -0.354. The van der Waals surface area contributed by atoms with Gasteiger partial charge in [0.1, 0.15) is 5.52 Å². The molecule has 7 nitrogen and oxygen atoms in total. The fraction of sp³-hybridized carbons (Fsp3) is 0.200. The van der Waals surface area contributed by atoms with Crippen molar-refractivity contribution >= 4 is 23.0 Å². The molecule has 0 bridgehead atoms. The number of imidazole rings is 1. The highest BCUT2D eigenvalue weighted by Crippen LogP contribution is 2.08. The number of terminal acetylenes is 1. The van der Waals surface area contributed by atoms with Gasteiger partial charge in [0.25, 0.3) is 0 Å². The highest BCUT2D eigenvalue weighted by molar-refractivity contribution is 5.87. The van der Waals surface area contributed by atoms with E-state index in [2.05, 4.69) is 26.2 Å². The van der Waals surface area contributed by atoms with E-state index in [4.69, 9.17) is 6.42 Å². The number of nitrogens with one attached hydrogen (secondary N) is 2. The van der Waals surface area contributed by atoms with Gasteiger partial charge in [-0.05, 0) is 0 Å². The van der Waals surface area contributed by atoms with Gasteiger partial charge in [-0.1, -0.05) is 5.92 Å². The van der Waals surface area contributed by atoms with Crippen LogP contribution < -0.4 is 11.0 Å². The smallest absolute Gasteiger partial charge is 0.295 e. The van der Waals surface area contributed by atoms with Crippen molar-refractivity contribution in [3.63, 3.8) is 0 Å². The lowest BCUT2D eigenvalue weighted by atomic mass is 10.5. The van der Waals surface area contributed by atoms with E-state index in [0.717, 1.165) is 0 Å². The number of hydrogen-bond donors (Lipinski definition) is 2. The summed E-state index contributed by atoms with van der Waals surface area (Å²) in [6.45, 7) is 1.49. The van der Waals surface area contributed by atoms with E-state index < -0.39 is 0 Å². The minimum Gasteiger partial charge on any atom is -0.295 e. The normalized spacial score (nSPS) is 10.1. The molecule has 17 heavy (non-hydrogen) atoms. The maximum absolute atomic E-state index is 11.5. The number of aromatic nitrogens is 4. The standard InChI is InChI=1S/C10H9N5O2/c1-3-4-15-7-5-11-9(12-6(2)16)13-8(7)14-10(15)17/h1,5H,4H2,2H3,(H2,11,12,13,14,16,17). The number of aromatic amines is 1. The Morgan fingerprint density at radius 1 is 1.71 bits per heavy atom. The first-order valence-corrected chi connectivity index (χ1v) is 4.78. The third kappa shape index (κ3) is 2.01. The zero-order valence-electron chi connectivity index (χ0n) is 9.02. The van der Waals surface area contributed by atoms with Gasteiger partial charge < -0.3 is 0 Å². The Kier molecular flexibility index (Phi) is 2.62.